The Hall–Kier alpha value is -0.780. The van der Waals surface area contributed by atoms with Gasteiger partial charge in [0, 0.05) is 13.0 Å². The molecule has 1 fully saturated rings. The average Bonchev–Trinajstić information content (AvgIpc) is 2.37. The van der Waals surface area contributed by atoms with Crippen LogP contribution in [0.4, 0.5) is 0 Å². The van der Waals surface area contributed by atoms with Gasteiger partial charge < -0.3 is 19.3 Å². The second-order valence-electron chi connectivity index (χ2n) is 4.18. The van der Waals surface area contributed by atoms with E-state index >= 15 is 0 Å². The monoisotopic (exact) mass is 316 g/mol. The highest BCUT2D eigenvalue weighted by atomic mass is 79.9. The summed E-state index contributed by atoms with van der Waals surface area (Å²) in [6.45, 7) is 2.48. The summed E-state index contributed by atoms with van der Waals surface area (Å²) in [5.74, 6) is 1.50. The zero-order valence-electron chi connectivity index (χ0n) is 10.4. The number of aliphatic hydroxyl groups excluding tert-OH is 1. The van der Waals surface area contributed by atoms with E-state index in [2.05, 4.69) is 15.9 Å². The number of halogens is 1. The Labute approximate surface area is 115 Å². The fourth-order valence-electron chi connectivity index (χ4n) is 1.95. The van der Waals surface area contributed by atoms with E-state index in [1.165, 1.54) is 0 Å². The average molecular weight is 317 g/mol. The highest BCUT2D eigenvalue weighted by Gasteiger charge is 2.42. The molecule has 0 saturated heterocycles. The Morgan fingerprint density at radius 2 is 2.22 bits per heavy atom. The maximum absolute atomic E-state index is 9.60. The molecule has 5 heteroatoms. The first-order valence-corrected chi connectivity index (χ1v) is 6.75. The fraction of sp³-hybridized carbons (Fsp3) is 0.538. The molecule has 0 aromatic heterocycles. The molecule has 2 rings (SSSR count). The Morgan fingerprint density at radius 1 is 1.44 bits per heavy atom. The molecule has 1 aromatic carbocycles. The van der Waals surface area contributed by atoms with Crippen LogP contribution < -0.4 is 9.47 Å². The lowest BCUT2D eigenvalue weighted by atomic mass is 9.88. The van der Waals surface area contributed by atoms with Gasteiger partial charge in [0.25, 0.3) is 0 Å². The molecule has 0 radical (unpaired) electrons. The van der Waals surface area contributed by atoms with Gasteiger partial charge in [-0.05, 0) is 41.1 Å². The number of methoxy groups -OCH3 is 1. The molecule has 0 bridgehead atoms. The van der Waals surface area contributed by atoms with Crippen LogP contribution in [0.3, 0.4) is 0 Å². The number of aliphatic hydroxyl groups is 1. The Kier molecular flexibility index (Phi) is 4.48. The normalized spacial score (nSPS) is 26.6. The molecule has 3 atom stereocenters. The van der Waals surface area contributed by atoms with Crippen molar-refractivity contribution in [2.75, 3.05) is 13.7 Å². The van der Waals surface area contributed by atoms with E-state index in [1.807, 2.05) is 25.1 Å². The molecule has 0 aliphatic heterocycles. The van der Waals surface area contributed by atoms with Crippen molar-refractivity contribution in [3.05, 3.63) is 22.7 Å². The largest absolute Gasteiger partial charge is 0.497 e. The lowest BCUT2D eigenvalue weighted by Gasteiger charge is -2.40. The fourth-order valence-corrected chi connectivity index (χ4v) is 2.40. The topological polar surface area (TPSA) is 47.9 Å². The van der Waals surface area contributed by atoms with E-state index < -0.39 is 6.10 Å². The van der Waals surface area contributed by atoms with Crippen LogP contribution in [0.25, 0.3) is 0 Å². The van der Waals surface area contributed by atoms with Crippen molar-refractivity contribution in [2.45, 2.75) is 31.7 Å². The van der Waals surface area contributed by atoms with Gasteiger partial charge in [-0.25, -0.2) is 0 Å². The van der Waals surface area contributed by atoms with E-state index in [9.17, 15) is 5.11 Å². The molecule has 18 heavy (non-hydrogen) atoms. The summed E-state index contributed by atoms with van der Waals surface area (Å²) in [6.07, 6.45) is -0.149. The van der Waals surface area contributed by atoms with Crippen LogP contribution in [0.15, 0.2) is 22.7 Å². The van der Waals surface area contributed by atoms with Gasteiger partial charge in [-0.3, -0.25) is 0 Å². The molecule has 0 amide bonds. The Morgan fingerprint density at radius 3 is 2.78 bits per heavy atom. The molecule has 4 nitrogen and oxygen atoms in total. The van der Waals surface area contributed by atoms with Gasteiger partial charge in [-0.2, -0.15) is 0 Å². The summed E-state index contributed by atoms with van der Waals surface area (Å²) in [6, 6.07) is 5.53. The molecule has 0 spiro atoms. The molecule has 100 valence electrons. The zero-order valence-corrected chi connectivity index (χ0v) is 12.0. The lowest BCUT2D eigenvalue weighted by Crippen LogP contribution is -2.55. The highest BCUT2D eigenvalue weighted by Crippen LogP contribution is 2.34. The van der Waals surface area contributed by atoms with Crippen molar-refractivity contribution in [1.29, 1.82) is 0 Å². The van der Waals surface area contributed by atoms with Gasteiger partial charge in [0.1, 0.15) is 23.7 Å². The van der Waals surface area contributed by atoms with Crippen molar-refractivity contribution in [1.82, 2.24) is 0 Å². The van der Waals surface area contributed by atoms with E-state index in [-0.39, 0.29) is 12.2 Å². The summed E-state index contributed by atoms with van der Waals surface area (Å²) in [5, 5.41) is 9.60. The minimum absolute atomic E-state index is 0.0929. The molecule has 1 saturated carbocycles. The quantitative estimate of drug-likeness (QED) is 0.906. The van der Waals surface area contributed by atoms with Crippen LogP contribution >= 0.6 is 15.9 Å². The summed E-state index contributed by atoms with van der Waals surface area (Å²) in [4.78, 5) is 0. The Bertz CT molecular complexity index is 410. The number of benzene rings is 1. The van der Waals surface area contributed by atoms with Crippen molar-refractivity contribution in [2.24, 2.45) is 0 Å². The second-order valence-corrected chi connectivity index (χ2v) is 5.03. The van der Waals surface area contributed by atoms with Crippen molar-refractivity contribution in [3.8, 4) is 11.5 Å². The van der Waals surface area contributed by atoms with Crippen molar-refractivity contribution >= 4 is 15.9 Å². The molecule has 1 aliphatic carbocycles. The van der Waals surface area contributed by atoms with Crippen LogP contribution in [0.2, 0.25) is 0 Å². The summed E-state index contributed by atoms with van der Waals surface area (Å²) in [7, 11) is 1.62. The smallest absolute Gasteiger partial charge is 0.134 e. The first-order valence-electron chi connectivity index (χ1n) is 5.95. The molecule has 1 aromatic rings. The van der Waals surface area contributed by atoms with E-state index in [4.69, 9.17) is 14.2 Å². The number of ether oxygens (including phenoxy) is 3. The first kappa shape index (κ1) is 13.6. The zero-order chi connectivity index (χ0) is 13.1. The van der Waals surface area contributed by atoms with E-state index in [1.54, 1.807) is 7.11 Å². The molecular weight excluding hydrogens is 300 g/mol. The predicted octanol–water partition coefficient (Wildman–Crippen LogP) is 2.37. The third-order valence-corrected chi connectivity index (χ3v) is 3.62. The van der Waals surface area contributed by atoms with Crippen LogP contribution in [0, 0.1) is 0 Å². The predicted molar refractivity (Wildman–Crippen MR) is 71.1 cm³/mol. The third kappa shape index (κ3) is 2.79. The van der Waals surface area contributed by atoms with Crippen molar-refractivity contribution in [3.63, 3.8) is 0 Å². The van der Waals surface area contributed by atoms with Gasteiger partial charge in [-0.1, -0.05) is 0 Å². The minimum atomic E-state index is -0.424. The summed E-state index contributed by atoms with van der Waals surface area (Å²) >= 11 is 3.44. The molecule has 0 heterocycles. The highest BCUT2D eigenvalue weighted by molar-refractivity contribution is 9.10. The van der Waals surface area contributed by atoms with Crippen molar-refractivity contribution < 1.29 is 19.3 Å². The van der Waals surface area contributed by atoms with Crippen LogP contribution in [0.1, 0.15) is 13.3 Å². The number of rotatable bonds is 5. The number of hydrogen-bond donors (Lipinski definition) is 1. The molecule has 3 unspecified atom stereocenters. The summed E-state index contributed by atoms with van der Waals surface area (Å²) in [5.41, 5.74) is 0. The Balaban J connectivity index is 2.01. The first-order chi connectivity index (χ1) is 8.65. The van der Waals surface area contributed by atoms with Crippen LogP contribution in [-0.2, 0) is 4.74 Å². The van der Waals surface area contributed by atoms with Crippen LogP contribution in [-0.4, -0.2) is 37.1 Å². The van der Waals surface area contributed by atoms with Crippen LogP contribution in [0.5, 0.6) is 11.5 Å². The summed E-state index contributed by atoms with van der Waals surface area (Å²) < 4.78 is 17.2. The lowest BCUT2D eigenvalue weighted by molar-refractivity contribution is -0.160. The van der Waals surface area contributed by atoms with Gasteiger partial charge in [0.15, 0.2) is 0 Å². The van der Waals surface area contributed by atoms with Gasteiger partial charge >= 0.3 is 0 Å². The standard InChI is InChI=1S/C13H17BrO4/c1-3-17-13-10(15)7-12(13)18-11-5-4-8(16-2)6-9(11)14/h4-6,10,12-13,15H,3,7H2,1-2H3. The van der Waals surface area contributed by atoms with E-state index in [0.717, 1.165) is 16.0 Å². The molecular formula is C13H17BrO4. The van der Waals surface area contributed by atoms with Gasteiger partial charge in [0.05, 0.1) is 17.7 Å². The van der Waals surface area contributed by atoms with Gasteiger partial charge in [-0.15, -0.1) is 0 Å². The second kappa shape index (κ2) is 5.91. The molecule has 1 N–H and O–H groups in total. The maximum Gasteiger partial charge on any atom is 0.134 e. The number of hydrogen-bond acceptors (Lipinski definition) is 4. The van der Waals surface area contributed by atoms with Gasteiger partial charge in [0.2, 0.25) is 0 Å². The SMILES string of the molecule is CCOC1C(O)CC1Oc1ccc(OC)cc1Br. The maximum atomic E-state index is 9.60. The van der Waals surface area contributed by atoms with E-state index in [0.29, 0.717) is 13.0 Å². The minimum Gasteiger partial charge on any atom is -0.497 e. The third-order valence-electron chi connectivity index (χ3n) is 3.00. The molecule has 1 aliphatic rings.